The Morgan fingerprint density at radius 3 is 2.47 bits per heavy atom. The zero-order valence-electron chi connectivity index (χ0n) is 20.3. The molecule has 1 N–H and O–H groups in total. The molecule has 0 aliphatic carbocycles. The summed E-state index contributed by atoms with van der Waals surface area (Å²) in [5.41, 5.74) is 1.38. The van der Waals surface area contributed by atoms with Gasteiger partial charge in [0.25, 0.3) is 5.56 Å². The van der Waals surface area contributed by atoms with Gasteiger partial charge in [-0.3, -0.25) is 14.0 Å². The van der Waals surface area contributed by atoms with Crippen molar-refractivity contribution in [3.8, 4) is 0 Å². The molecule has 0 atom stereocenters. The lowest BCUT2D eigenvalue weighted by atomic mass is 10.1. The highest BCUT2D eigenvalue weighted by atomic mass is 32.1. The largest absolute Gasteiger partial charge is 0.354 e. The number of carbonyl (C=O) groups excluding carboxylic acids is 1. The van der Waals surface area contributed by atoms with Gasteiger partial charge in [0.2, 0.25) is 5.91 Å². The summed E-state index contributed by atoms with van der Waals surface area (Å²) in [5.74, 6) is 1.86. The van der Waals surface area contributed by atoms with E-state index in [4.69, 9.17) is 0 Å². The molecule has 3 heterocycles. The van der Waals surface area contributed by atoms with Crippen LogP contribution in [0.25, 0.3) is 15.7 Å². The van der Waals surface area contributed by atoms with Crippen LogP contribution in [0.15, 0.2) is 16.9 Å². The van der Waals surface area contributed by atoms with Crippen molar-refractivity contribution >= 4 is 33.0 Å². The van der Waals surface area contributed by atoms with E-state index in [0.717, 1.165) is 42.1 Å². The Bertz CT molecular complexity index is 1110. The average molecular weight is 460 g/mol. The molecule has 0 radical (unpaired) electrons. The van der Waals surface area contributed by atoms with E-state index in [0.29, 0.717) is 30.3 Å². The molecule has 0 fully saturated rings. The predicted octanol–water partition coefficient (Wildman–Crippen LogP) is 3.70. The number of hydrogen-bond acceptors (Lipinski definition) is 5. The Balaban J connectivity index is 1.64. The van der Waals surface area contributed by atoms with Gasteiger partial charge in [-0.25, -0.2) is 4.68 Å². The van der Waals surface area contributed by atoms with E-state index in [1.165, 1.54) is 9.56 Å². The molecule has 0 aromatic carbocycles. The molecular weight excluding hydrogens is 422 g/mol. The van der Waals surface area contributed by atoms with Gasteiger partial charge in [-0.2, -0.15) is 5.10 Å². The quantitative estimate of drug-likeness (QED) is 0.444. The number of thiophene rings is 1. The Kier molecular flexibility index (Phi) is 8.11. The molecule has 0 spiro atoms. The number of aromatic nitrogens is 3. The third kappa shape index (κ3) is 5.78. The fourth-order valence-electron chi connectivity index (χ4n) is 4.26. The minimum Gasteiger partial charge on any atom is -0.354 e. The molecule has 3 rings (SSSR count). The van der Waals surface area contributed by atoms with E-state index in [1.807, 2.05) is 17.4 Å². The van der Waals surface area contributed by atoms with Crippen molar-refractivity contribution in [3.05, 3.63) is 33.2 Å². The molecule has 3 aromatic rings. The van der Waals surface area contributed by atoms with Crippen LogP contribution in [-0.2, 0) is 17.8 Å². The van der Waals surface area contributed by atoms with Crippen molar-refractivity contribution in [3.63, 3.8) is 0 Å². The van der Waals surface area contributed by atoms with Crippen molar-refractivity contribution in [1.29, 1.82) is 0 Å². The molecule has 3 aromatic heterocycles. The van der Waals surface area contributed by atoms with Crippen molar-refractivity contribution < 1.29 is 4.79 Å². The standard InChI is InChI=1S/C24H37N5O2S/c1-7-22-26-28(24(31)20-12-21-19(29(20)22)11-18(6)32-21)15-23(30)25-9-8-10-27(13-16(2)3)14-17(4)5/h11-12,16-17H,7-10,13-15H2,1-6H3,(H,25,30). The number of hydrogen-bond donors (Lipinski definition) is 1. The number of carbonyl (C=O) groups is 1. The summed E-state index contributed by atoms with van der Waals surface area (Å²) in [6.07, 6.45) is 1.57. The first kappa shape index (κ1) is 24.5. The number of nitrogens with zero attached hydrogens (tertiary/aromatic N) is 4. The summed E-state index contributed by atoms with van der Waals surface area (Å²) in [5, 5.41) is 7.48. The molecule has 1 amide bonds. The second kappa shape index (κ2) is 10.6. The van der Waals surface area contributed by atoms with Crippen LogP contribution in [0.5, 0.6) is 0 Å². The van der Waals surface area contributed by atoms with E-state index in [2.05, 4.69) is 56.0 Å². The van der Waals surface area contributed by atoms with Gasteiger partial charge in [0.05, 0.1) is 10.2 Å². The summed E-state index contributed by atoms with van der Waals surface area (Å²) in [4.78, 5) is 29.2. The second-order valence-corrected chi connectivity index (χ2v) is 10.7. The lowest BCUT2D eigenvalue weighted by Gasteiger charge is -2.26. The van der Waals surface area contributed by atoms with Crippen LogP contribution >= 0.6 is 11.3 Å². The van der Waals surface area contributed by atoms with Crippen LogP contribution in [0, 0.1) is 18.8 Å². The zero-order valence-corrected chi connectivity index (χ0v) is 21.1. The van der Waals surface area contributed by atoms with Crippen LogP contribution in [-0.4, -0.2) is 51.2 Å². The van der Waals surface area contributed by atoms with Crippen LogP contribution in [0.2, 0.25) is 0 Å². The number of nitrogens with one attached hydrogen (secondary N) is 1. The molecule has 0 aliphatic rings. The van der Waals surface area contributed by atoms with Gasteiger partial charge >= 0.3 is 0 Å². The maximum atomic E-state index is 13.0. The van der Waals surface area contributed by atoms with Crippen LogP contribution in [0.3, 0.4) is 0 Å². The lowest BCUT2D eigenvalue weighted by Crippen LogP contribution is -2.37. The smallest absolute Gasteiger partial charge is 0.291 e. The third-order valence-corrected chi connectivity index (χ3v) is 6.38. The molecular formula is C24H37N5O2S. The van der Waals surface area contributed by atoms with Gasteiger partial charge in [-0.1, -0.05) is 34.6 Å². The molecule has 176 valence electrons. The fraction of sp³-hybridized carbons (Fsp3) is 0.625. The number of amides is 1. The Morgan fingerprint density at radius 1 is 1.16 bits per heavy atom. The maximum absolute atomic E-state index is 13.0. The van der Waals surface area contributed by atoms with Gasteiger partial charge in [0, 0.05) is 30.9 Å². The molecule has 0 bridgehead atoms. The predicted molar refractivity (Wildman–Crippen MR) is 133 cm³/mol. The van der Waals surface area contributed by atoms with Gasteiger partial charge in [0.15, 0.2) is 0 Å². The van der Waals surface area contributed by atoms with E-state index in [9.17, 15) is 9.59 Å². The van der Waals surface area contributed by atoms with E-state index in [1.54, 1.807) is 11.3 Å². The van der Waals surface area contributed by atoms with Crippen molar-refractivity contribution in [1.82, 2.24) is 24.4 Å². The molecule has 0 aliphatic heterocycles. The third-order valence-electron chi connectivity index (χ3n) is 5.39. The molecule has 32 heavy (non-hydrogen) atoms. The van der Waals surface area contributed by atoms with Crippen LogP contribution < -0.4 is 10.9 Å². The van der Waals surface area contributed by atoms with Crippen molar-refractivity contribution in [2.75, 3.05) is 26.2 Å². The first-order valence-corrected chi connectivity index (χ1v) is 12.5. The Labute approximate surface area is 194 Å². The SMILES string of the molecule is CCc1nn(CC(=O)NCCCN(CC(C)C)CC(C)C)c(=O)c2cc3sc(C)cc3n12. The highest BCUT2D eigenvalue weighted by molar-refractivity contribution is 7.19. The summed E-state index contributed by atoms with van der Waals surface area (Å²) < 4.78 is 4.32. The molecule has 7 nitrogen and oxygen atoms in total. The normalized spacial score (nSPS) is 12.2. The molecule has 0 saturated heterocycles. The maximum Gasteiger partial charge on any atom is 0.291 e. The minimum atomic E-state index is -0.224. The van der Waals surface area contributed by atoms with E-state index in [-0.39, 0.29) is 18.0 Å². The number of rotatable bonds is 11. The number of fused-ring (bicyclic) bond motifs is 3. The first-order chi connectivity index (χ1) is 15.2. The van der Waals surface area contributed by atoms with Gasteiger partial charge < -0.3 is 10.2 Å². The summed E-state index contributed by atoms with van der Waals surface area (Å²) in [6, 6.07) is 4.01. The topological polar surface area (TPSA) is 71.6 Å². The monoisotopic (exact) mass is 459 g/mol. The highest BCUT2D eigenvalue weighted by Gasteiger charge is 2.16. The van der Waals surface area contributed by atoms with Gasteiger partial charge in [-0.05, 0) is 43.9 Å². The molecule has 0 saturated carbocycles. The first-order valence-electron chi connectivity index (χ1n) is 11.7. The van der Waals surface area contributed by atoms with Crippen LogP contribution in [0.1, 0.15) is 51.7 Å². The van der Waals surface area contributed by atoms with Gasteiger partial charge in [-0.15, -0.1) is 11.3 Å². The van der Waals surface area contributed by atoms with Gasteiger partial charge in [0.1, 0.15) is 17.9 Å². The highest BCUT2D eigenvalue weighted by Crippen LogP contribution is 2.28. The Hall–Kier alpha value is -2.19. The fourth-order valence-corrected chi connectivity index (χ4v) is 5.20. The van der Waals surface area contributed by atoms with E-state index < -0.39 is 0 Å². The second-order valence-electron chi connectivity index (χ2n) is 9.45. The minimum absolute atomic E-state index is 0.0537. The van der Waals surface area contributed by atoms with Crippen molar-refractivity contribution in [2.24, 2.45) is 11.8 Å². The lowest BCUT2D eigenvalue weighted by molar-refractivity contribution is -0.121. The zero-order chi connectivity index (χ0) is 23.4. The summed E-state index contributed by atoms with van der Waals surface area (Å²) >= 11 is 1.67. The van der Waals surface area contributed by atoms with Crippen LogP contribution in [0.4, 0.5) is 0 Å². The summed E-state index contributed by atoms with van der Waals surface area (Å²) in [7, 11) is 0. The van der Waals surface area contributed by atoms with E-state index >= 15 is 0 Å². The Morgan fingerprint density at radius 2 is 1.84 bits per heavy atom. The molecule has 0 unspecified atom stereocenters. The number of aryl methyl sites for hydroxylation is 2. The summed E-state index contributed by atoms with van der Waals surface area (Å²) in [6.45, 7) is 16.7. The average Bonchev–Trinajstić information content (AvgIpc) is 3.23. The molecule has 8 heteroatoms. The van der Waals surface area contributed by atoms with Crippen molar-refractivity contribution in [2.45, 2.75) is 60.9 Å².